The highest BCUT2D eigenvalue weighted by molar-refractivity contribution is 5.92. The SMILES string of the molecule is CCOC(=O)C1=C(C)OC(N)=C(C#N)C1c1cc(OCC)cc(OCC)c1. The van der Waals surface area contributed by atoms with E-state index < -0.39 is 11.9 Å². The first kappa shape index (κ1) is 20.2. The Morgan fingerprint density at radius 3 is 2.22 bits per heavy atom. The number of allylic oxidation sites excluding steroid dienone is 2. The maximum Gasteiger partial charge on any atom is 0.338 e. The van der Waals surface area contributed by atoms with E-state index >= 15 is 0 Å². The molecule has 2 N–H and O–H groups in total. The monoisotopic (exact) mass is 372 g/mol. The summed E-state index contributed by atoms with van der Waals surface area (Å²) in [7, 11) is 0. The summed E-state index contributed by atoms with van der Waals surface area (Å²) in [5.74, 6) is 0.119. The molecule has 0 amide bonds. The molecule has 0 aromatic heterocycles. The van der Waals surface area contributed by atoms with E-state index in [-0.39, 0.29) is 23.6 Å². The number of benzene rings is 1. The average Bonchev–Trinajstić information content (AvgIpc) is 2.61. The molecule has 0 bridgehead atoms. The summed E-state index contributed by atoms with van der Waals surface area (Å²) in [6.45, 7) is 8.20. The van der Waals surface area contributed by atoms with Crippen molar-refractivity contribution in [2.45, 2.75) is 33.6 Å². The van der Waals surface area contributed by atoms with E-state index in [1.807, 2.05) is 13.8 Å². The fourth-order valence-electron chi connectivity index (χ4n) is 2.95. The number of nitriles is 1. The molecule has 1 unspecified atom stereocenters. The molecule has 27 heavy (non-hydrogen) atoms. The number of hydrogen-bond donors (Lipinski definition) is 1. The zero-order valence-corrected chi connectivity index (χ0v) is 16.0. The molecule has 1 atom stereocenters. The van der Waals surface area contributed by atoms with Crippen LogP contribution in [0, 0.1) is 11.3 Å². The van der Waals surface area contributed by atoms with Crippen LogP contribution in [0.1, 0.15) is 39.2 Å². The lowest BCUT2D eigenvalue weighted by atomic mass is 9.83. The molecule has 0 saturated heterocycles. The maximum absolute atomic E-state index is 12.6. The Morgan fingerprint density at radius 2 is 1.74 bits per heavy atom. The van der Waals surface area contributed by atoms with Gasteiger partial charge in [0, 0.05) is 6.07 Å². The van der Waals surface area contributed by atoms with Crippen LogP contribution < -0.4 is 15.2 Å². The van der Waals surface area contributed by atoms with Crippen molar-refractivity contribution in [2.24, 2.45) is 5.73 Å². The summed E-state index contributed by atoms with van der Waals surface area (Å²) in [6, 6.07) is 7.34. The minimum atomic E-state index is -0.734. The number of rotatable bonds is 7. The predicted octanol–water partition coefficient (Wildman–Crippen LogP) is 3.13. The molecule has 7 heteroatoms. The van der Waals surface area contributed by atoms with Crippen molar-refractivity contribution in [3.8, 4) is 17.6 Å². The van der Waals surface area contributed by atoms with Crippen molar-refractivity contribution < 1.29 is 23.7 Å². The van der Waals surface area contributed by atoms with E-state index in [4.69, 9.17) is 24.7 Å². The number of nitrogens with zero attached hydrogens (tertiary/aromatic N) is 1. The molecule has 2 rings (SSSR count). The third-order valence-corrected chi connectivity index (χ3v) is 3.96. The Hall–Kier alpha value is -3.14. The van der Waals surface area contributed by atoms with Gasteiger partial charge in [0.05, 0.1) is 31.3 Å². The lowest BCUT2D eigenvalue weighted by Crippen LogP contribution is -2.25. The quantitative estimate of drug-likeness (QED) is 0.733. The lowest BCUT2D eigenvalue weighted by Gasteiger charge is -2.27. The maximum atomic E-state index is 12.6. The van der Waals surface area contributed by atoms with Gasteiger partial charge in [-0.25, -0.2) is 4.79 Å². The third kappa shape index (κ3) is 4.34. The van der Waals surface area contributed by atoms with Crippen molar-refractivity contribution in [3.05, 3.63) is 46.6 Å². The van der Waals surface area contributed by atoms with Gasteiger partial charge in [0.2, 0.25) is 5.88 Å². The number of ether oxygens (including phenoxy) is 4. The lowest BCUT2D eigenvalue weighted by molar-refractivity contribution is -0.139. The van der Waals surface area contributed by atoms with Crippen LogP contribution in [0.3, 0.4) is 0 Å². The molecular formula is C20H24N2O5. The van der Waals surface area contributed by atoms with Gasteiger partial charge in [-0.05, 0) is 45.4 Å². The largest absolute Gasteiger partial charge is 0.494 e. The van der Waals surface area contributed by atoms with Crippen LogP contribution in [0.4, 0.5) is 0 Å². The van der Waals surface area contributed by atoms with E-state index in [1.165, 1.54) is 0 Å². The first-order chi connectivity index (χ1) is 13.0. The second kappa shape index (κ2) is 8.99. The Morgan fingerprint density at radius 1 is 1.15 bits per heavy atom. The Bertz CT molecular complexity index is 796. The predicted molar refractivity (Wildman–Crippen MR) is 98.8 cm³/mol. The van der Waals surface area contributed by atoms with Gasteiger partial charge in [0.1, 0.15) is 28.9 Å². The summed E-state index contributed by atoms with van der Waals surface area (Å²) in [5, 5.41) is 9.65. The number of carbonyl (C=O) groups excluding carboxylic acids is 1. The fraction of sp³-hybridized carbons (Fsp3) is 0.400. The summed E-state index contributed by atoms with van der Waals surface area (Å²) < 4.78 is 21.8. The smallest absolute Gasteiger partial charge is 0.338 e. The van der Waals surface area contributed by atoms with Gasteiger partial charge in [0.15, 0.2) is 0 Å². The zero-order valence-electron chi connectivity index (χ0n) is 16.0. The fourth-order valence-corrected chi connectivity index (χ4v) is 2.95. The van der Waals surface area contributed by atoms with E-state index in [1.54, 1.807) is 32.0 Å². The Balaban J connectivity index is 2.66. The van der Waals surface area contributed by atoms with Gasteiger partial charge in [-0.3, -0.25) is 0 Å². The average molecular weight is 372 g/mol. The van der Waals surface area contributed by atoms with Crippen molar-refractivity contribution >= 4 is 5.97 Å². The molecule has 7 nitrogen and oxygen atoms in total. The minimum absolute atomic E-state index is 0.0344. The topological polar surface area (TPSA) is 104 Å². The molecule has 1 aliphatic heterocycles. The van der Waals surface area contributed by atoms with Crippen LogP contribution in [0.15, 0.2) is 41.0 Å². The third-order valence-electron chi connectivity index (χ3n) is 3.96. The summed E-state index contributed by atoms with van der Waals surface area (Å²) in [4.78, 5) is 12.6. The van der Waals surface area contributed by atoms with Crippen molar-refractivity contribution in [1.29, 1.82) is 5.26 Å². The highest BCUT2D eigenvalue weighted by Crippen LogP contribution is 2.41. The van der Waals surface area contributed by atoms with Crippen LogP contribution in [0.2, 0.25) is 0 Å². The highest BCUT2D eigenvalue weighted by atomic mass is 16.5. The van der Waals surface area contributed by atoms with Crippen LogP contribution in [0.25, 0.3) is 0 Å². The second-order valence-electron chi connectivity index (χ2n) is 5.72. The minimum Gasteiger partial charge on any atom is -0.494 e. The van der Waals surface area contributed by atoms with Crippen molar-refractivity contribution in [2.75, 3.05) is 19.8 Å². The second-order valence-corrected chi connectivity index (χ2v) is 5.72. The Labute approximate surface area is 159 Å². The highest BCUT2D eigenvalue weighted by Gasteiger charge is 2.36. The summed E-state index contributed by atoms with van der Waals surface area (Å²) >= 11 is 0. The van der Waals surface area contributed by atoms with E-state index in [2.05, 4.69) is 6.07 Å². The molecule has 1 aliphatic rings. The molecule has 1 aromatic carbocycles. The first-order valence-electron chi connectivity index (χ1n) is 8.82. The molecule has 0 radical (unpaired) electrons. The van der Waals surface area contributed by atoms with E-state index in [0.717, 1.165) is 0 Å². The number of esters is 1. The molecule has 1 heterocycles. The number of carbonyl (C=O) groups is 1. The van der Waals surface area contributed by atoms with Crippen LogP contribution in [-0.2, 0) is 14.3 Å². The van der Waals surface area contributed by atoms with Gasteiger partial charge in [-0.1, -0.05) is 0 Å². The Kier molecular flexibility index (Phi) is 6.72. The van der Waals surface area contributed by atoms with Crippen LogP contribution in [0.5, 0.6) is 11.5 Å². The molecule has 0 saturated carbocycles. The van der Waals surface area contributed by atoms with Gasteiger partial charge in [0.25, 0.3) is 0 Å². The van der Waals surface area contributed by atoms with Crippen molar-refractivity contribution in [1.82, 2.24) is 0 Å². The standard InChI is InChI=1S/C20H24N2O5/c1-5-24-14-8-13(9-15(10-14)25-6-2)18-16(11-21)19(22)27-12(4)17(18)20(23)26-7-3/h8-10,18H,5-7,22H2,1-4H3. The van der Waals surface area contributed by atoms with Gasteiger partial charge < -0.3 is 24.7 Å². The van der Waals surface area contributed by atoms with Gasteiger partial charge in [-0.2, -0.15) is 5.26 Å². The first-order valence-corrected chi connectivity index (χ1v) is 8.82. The van der Waals surface area contributed by atoms with E-state index in [0.29, 0.717) is 36.0 Å². The normalized spacial score (nSPS) is 16.5. The molecule has 0 fully saturated rings. The van der Waals surface area contributed by atoms with Crippen molar-refractivity contribution in [3.63, 3.8) is 0 Å². The van der Waals surface area contributed by atoms with Crippen LogP contribution >= 0.6 is 0 Å². The molecule has 0 aliphatic carbocycles. The van der Waals surface area contributed by atoms with Gasteiger partial charge >= 0.3 is 5.97 Å². The molecular weight excluding hydrogens is 348 g/mol. The molecule has 144 valence electrons. The molecule has 0 spiro atoms. The number of nitrogens with two attached hydrogens (primary N) is 1. The summed E-state index contributed by atoms with van der Waals surface area (Å²) in [5.41, 5.74) is 6.93. The van der Waals surface area contributed by atoms with Gasteiger partial charge in [-0.15, -0.1) is 0 Å². The number of hydrogen-bond acceptors (Lipinski definition) is 7. The van der Waals surface area contributed by atoms with Crippen LogP contribution in [-0.4, -0.2) is 25.8 Å². The molecule has 1 aromatic rings. The zero-order chi connectivity index (χ0) is 20.0. The van der Waals surface area contributed by atoms with E-state index in [9.17, 15) is 10.1 Å². The summed E-state index contributed by atoms with van der Waals surface area (Å²) in [6.07, 6.45) is 0.